The largest absolute Gasteiger partial charge is 0.363 e. The lowest BCUT2D eigenvalue weighted by Crippen LogP contribution is -2.10. The Hall–Kier alpha value is -0.510. The van der Waals surface area contributed by atoms with Crippen molar-refractivity contribution in [2.24, 2.45) is 5.73 Å². The Bertz CT molecular complexity index is 223. The first-order valence-electron chi connectivity index (χ1n) is 3.56. The highest BCUT2D eigenvalue weighted by Crippen LogP contribution is 2.06. The van der Waals surface area contributed by atoms with Gasteiger partial charge >= 0.3 is 0 Å². The molecule has 1 aromatic heterocycles. The first-order valence-corrected chi connectivity index (χ1v) is 3.56. The second kappa shape index (κ2) is 6.95. The normalized spacial score (nSPS) is 8.23. The molecule has 5 heteroatoms. The van der Waals surface area contributed by atoms with Gasteiger partial charge in [-0.25, -0.2) is 4.98 Å². The van der Waals surface area contributed by atoms with Crippen LogP contribution in [0.25, 0.3) is 0 Å². The number of hydrogen-bond acceptors (Lipinski definition) is 3. The Morgan fingerprint density at radius 3 is 2.23 bits per heavy atom. The number of aromatic nitrogens is 1. The van der Waals surface area contributed by atoms with E-state index in [1.165, 1.54) is 0 Å². The molecule has 13 heavy (non-hydrogen) atoms. The molecule has 0 bridgehead atoms. The summed E-state index contributed by atoms with van der Waals surface area (Å²) in [5, 5.41) is 0. The van der Waals surface area contributed by atoms with Crippen molar-refractivity contribution in [2.75, 3.05) is 19.0 Å². The highest BCUT2D eigenvalue weighted by atomic mass is 35.5. The maximum atomic E-state index is 5.42. The summed E-state index contributed by atoms with van der Waals surface area (Å²) in [6.45, 7) is 0.556. The predicted molar refractivity (Wildman–Crippen MR) is 61.0 cm³/mol. The molecule has 0 spiro atoms. The van der Waals surface area contributed by atoms with Crippen molar-refractivity contribution < 1.29 is 0 Å². The van der Waals surface area contributed by atoms with Crippen molar-refractivity contribution in [3.8, 4) is 0 Å². The van der Waals surface area contributed by atoms with E-state index in [4.69, 9.17) is 5.73 Å². The number of rotatable bonds is 2. The molecule has 1 aromatic rings. The van der Waals surface area contributed by atoms with Gasteiger partial charge in [0.05, 0.1) is 0 Å². The fourth-order valence-corrected chi connectivity index (χ4v) is 0.802. The van der Waals surface area contributed by atoms with E-state index in [1.54, 1.807) is 6.20 Å². The molecular formula is C8H15Cl2N3. The summed E-state index contributed by atoms with van der Waals surface area (Å²) in [6, 6.07) is 3.95. The molecule has 0 fully saturated rings. The fourth-order valence-electron chi connectivity index (χ4n) is 0.802. The SMILES string of the molecule is CN(C)c1ccc(CN)cn1.Cl.Cl. The summed E-state index contributed by atoms with van der Waals surface area (Å²) in [5.74, 6) is 0.960. The van der Waals surface area contributed by atoms with Gasteiger partial charge in [0.25, 0.3) is 0 Å². The van der Waals surface area contributed by atoms with Crippen LogP contribution in [0.2, 0.25) is 0 Å². The smallest absolute Gasteiger partial charge is 0.127 e. The van der Waals surface area contributed by atoms with Gasteiger partial charge in [0, 0.05) is 26.8 Å². The van der Waals surface area contributed by atoms with Gasteiger partial charge in [-0.1, -0.05) is 6.07 Å². The molecule has 0 saturated carbocycles. The number of halogens is 2. The molecule has 76 valence electrons. The zero-order valence-corrected chi connectivity index (χ0v) is 9.36. The number of nitrogens with zero attached hydrogens (tertiary/aromatic N) is 2. The first kappa shape index (κ1) is 15.0. The molecule has 0 aliphatic carbocycles. The highest BCUT2D eigenvalue weighted by molar-refractivity contribution is 5.85. The average Bonchev–Trinajstić information content (AvgIpc) is 2.05. The van der Waals surface area contributed by atoms with Crippen molar-refractivity contribution in [1.29, 1.82) is 0 Å². The van der Waals surface area contributed by atoms with E-state index in [-0.39, 0.29) is 24.8 Å². The quantitative estimate of drug-likeness (QED) is 0.826. The van der Waals surface area contributed by atoms with E-state index in [2.05, 4.69) is 4.98 Å². The van der Waals surface area contributed by atoms with E-state index in [0.717, 1.165) is 11.4 Å². The topological polar surface area (TPSA) is 42.1 Å². The second-order valence-electron chi connectivity index (χ2n) is 2.62. The minimum Gasteiger partial charge on any atom is -0.363 e. The van der Waals surface area contributed by atoms with Gasteiger partial charge in [-0.05, 0) is 11.6 Å². The Balaban J connectivity index is 0. The Morgan fingerprint density at radius 2 is 1.92 bits per heavy atom. The van der Waals surface area contributed by atoms with Gasteiger partial charge in [-0.2, -0.15) is 0 Å². The predicted octanol–water partition coefficient (Wildman–Crippen LogP) is 1.45. The lowest BCUT2D eigenvalue weighted by atomic mass is 10.3. The molecular weight excluding hydrogens is 209 g/mol. The minimum atomic E-state index is 0. The van der Waals surface area contributed by atoms with Crippen LogP contribution in [0.1, 0.15) is 5.56 Å². The lowest BCUT2D eigenvalue weighted by Gasteiger charge is -2.10. The molecule has 1 heterocycles. The summed E-state index contributed by atoms with van der Waals surface area (Å²) in [4.78, 5) is 6.15. The molecule has 0 radical (unpaired) electrons. The summed E-state index contributed by atoms with van der Waals surface area (Å²) in [6.07, 6.45) is 1.80. The standard InChI is InChI=1S/C8H13N3.2ClH/c1-11(2)8-4-3-7(5-9)6-10-8;;/h3-4,6H,5,9H2,1-2H3;2*1H. The van der Waals surface area contributed by atoms with Crippen LogP contribution in [-0.4, -0.2) is 19.1 Å². The van der Waals surface area contributed by atoms with Crippen LogP contribution < -0.4 is 10.6 Å². The molecule has 0 aromatic carbocycles. The Kier molecular flexibility index (Phi) is 8.01. The van der Waals surface area contributed by atoms with Gasteiger partial charge < -0.3 is 10.6 Å². The average molecular weight is 224 g/mol. The molecule has 0 unspecified atom stereocenters. The van der Waals surface area contributed by atoms with Gasteiger partial charge in [-0.15, -0.1) is 24.8 Å². The summed E-state index contributed by atoms with van der Waals surface area (Å²) in [7, 11) is 3.93. The lowest BCUT2D eigenvalue weighted by molar-refractivity contribution is 1.02. The molecule has 0 atom stereocenters. The Labute approximate surface area is 91.2 Å². The third-order valence-electron chi connectivity index (χ3n) is 1.50. The second-order valence-corrected chi connectivity index (χ2v) is 2.62. The zero-order valence-electron chi connectivity index (χ0n) is 7.73. The van der Waals surface area contributed by atoms with Crippen molar-refractivity contribution in [3.63, 3.8) is 0 Å². The van der Waals surface area contributed by atoms with E-state index in [9.17, 15) is 0 Å². The van der Waals surface area contributed by atoms with Crippen molar-refractivity contribution in [3.05, 3.63) is 23.9 Å². The molecule has 0 amide bonds. The van der Waals surface area contributed by atoms with Crippen molar-refractivity contribution >= 4 is 30.6 Å². The maximum absolute atomic E-state index is 5.42. The minimum absolute atomic E-state index is 0. The van der Waals surface area contributed by atoms with Gasteiger partial charge in [-0.3, -0.25) is 0 Å². The van der Waals surface area contributed by atoms with Crippen LogP contribution in [-0.2, 0) is 6.54 Å². The van der Waals surface area contributed by atoms with Gasteiger partial charge in [0.1, 0.15) is 5.82 Å². The zero-order chi connectivity index (χ0) is 8.27. The van der Waals surface area contributed by atoms with Crippen molar-refractivity contribution in [2.45, 2.75) is 6.54 Å². The van der Waals surface area contributed by atoms with Gasteiger partial charge in [0.15, 0.2) is 0 Å². The van der Waals surface area contributed by atoms with E-state index >= 15 is 0 Å². The molecule has 0 aliphatic rings. The molecule has 1 rings (SSSR count). The van der Waals surface area contributed by atoms with Crippen LogP contribution in [0.4, 0.5) is 5.82 Å². The summed E-state index contributed by atoms with van der Waals surface area (Å²) >= 11 is 0. The molecule has 0 aliphatic heterocycles. The van der Waals surface area contributed by atoms with Crippen molar-refractivity contribution in [1.82, 2.24) is 4.98 Å². The summed E-state index contributed by atoms with van der Waals surface area (Å²) in [5.41, 5.74) is 6.49. The van der Waals surface area contributed by atoms with Crippen LogP contribution >= 0.6 is 24.8 Å². The van der Waals surface area contributed by atoms with Crippen LogP contribution in [0.15, 0.2) is 18.3 Å². The van der Waals surface area contributed by atoms with E-state index in [0.29, 0.717) is 6.54 Å². The summed E-state index contributed by atoms with van der Waals surface area (Å²) < 4.78 is 0. The Morgan fingerprint density at radius 1 is 1.31 bits per heavy atom. The number of nitrogens with two attached hydrogens (primary N) is 1. The molecule has 3 nitrogen and oxygen atoms in total. The third kappa shape index (κ3) is 4.31. The number of anilines is 1. The van der Waals surface area contributed by atoms with E-state index in [1.807, 2.05) is 31.1 Å². The van der Waals surface area contributed by atoms with Crippen LogP contribution in [0, 0.1) is 0 Å². The highest BCUT2D eigenvalue weighted by Gasteiger charge is 1.94. The maximum Gasteiger partial charge on any atom is 0.127 e. The van der Waals surface area contributed by atoms with Crippen LogP contribution in [0.5, 0.6) is 0 Å². The molecule has 0 saturated heterocycles. The van der Waals surface area contributed by atoms with Gasteiger partial charge in [0.2, 0.25) is 0 Å². The monoisotopic (exact) mass is 223 g/mol. The first-order chi connectivity index (χ1) is 5.24. The number of pyridine rings is 1. The third-order valence-corrected chi connectivity index (χ3v) is 1.50. The van der Waals surface area contributed by atoms with E-state index < -0.39 is 0 Å². The molecule has 2 N–H and O–H groups in total. The van der Waals surface area contributed by atoms with Crippen LogP contribution in [0.3, 0.4) is 0 Å². The fraction of sp³-hybridized carbons (Fsp3) is 0.375. The number of hydrogen-bond donors (Lipinski definition) is 1.